The molecule has 3 N–H and O–H groups in total. The number of benzene rings is 1. The zero-order chi connectivity index (χ0) is 13.1. The summed E-state index contributed by atoms with van der Waals surface area (Å²) < 4.78 is 6.93. The van der Waals surface area contributed by atoms with Crippen molar-refractivity contribution in [3.05, 3.63) is 41.7 Å². The molecular formula is C13H17N3O2. The second-order valence-corrected chi connectivity index (χ2v) is 3.95. The van der Waals surface area contributed by atoms with E-state index in [1.165, 1.54) is 0 Å². The van der Waals surface area contributed by atoms with E-state index in [9.17, 15) is 5.11 Å². The van der Waals surface area contributed by atoms with Crippen molar-refractivity contribution in [2.24, 2.45) is 0 Å². The van der Waals surface area contributed by atoms with Crippen LogP contribution in [0.2, 0.25) is 0 Å². The first-order chi connectivity index (χ1) is 8.69. The zero-order valence-electron chi connectivity index (χ0n) is 10.5. The predicted octanol–water partition coefficient (Wildman–Crippen LogP) is 1.58. The number of nitrogens with two attached hydrogens (primary N) is 1. The molecule has 18 heavy (non-hydrogen) atoms. The number of rotatable bonds is 4. The maximum atomic E-state index is 10.5. The van der Waals surface area contributed by atoms with Gasteiger partial charge in [-0.3, -0.25) is 4.68 Å². The summed E-state index contributed by atoms with van der Waals surface area (Å²) >= 11 is 0. The van der Waals surface area contributed by atoms with E-state index in [1.54, 1.807) is 30.1 Å². The third-order valence-corrected chi connectivity index (χ3v) is 2.91. The first-order valence-corrected chi connectivity index (χ1v) is 5.81. The van der Waals surface area contributed by atoms with Gasteiger partial charge in [-0.1, -0.05) is 18.2 Å². The van der Waals surface area contributed by atoms with Crippen molar-refractivity contribution in [2.75, 3.05) is 12.8 Å². The van der Waals surface area contributed by atoms with Crippen molar-refractivity contribution in [2.45, 2.75) is 19.6 Å². The van der Waals surface area contributed by atoms with E-state index in [0.717, 1.165) is 0 Å². The lowest BCUT2D eigenvalue weighted by Gasteiger charge is -2.16. The number of aryl methyl sites for hydroxylation is 1. The van der Waals surface area contributed by atoms with E-state index in [2.05, 4.69) is 5.10 Å². The fourth-order valence-electron chi connectivity index (χ4n) is 1.97. The molecule has 0 amide bonds. The number of hydrogen-bond donors (Lipinski definition) is 2. The molecule has 1 aromatic heterocycles. The molecule has 1 atom stereocenters. The highest BCUT2D eigenvalue weighted by Crippen LogP contribution is 2.32. The Kier molecular flexibility index (Phi) is 3.53. The molecule has 0 aliphatic heterocycles. The van der Waals surface area contributed by atoms with Crippen LogP contribution in [-0.2, 0) is 6.54 Å². The van der Waals surface area contributed by atoms with Gasteiger partial charge < -0.3 is 15.6 Å². The lowest BCUT2D eigenvalue weighted by atomic mass is 10.0. The Morgan fingerprint density at radius 3 is 2.78 bits per heavy atom. The standard InChI is InChI=1S/C13H17N3O2/c1-3-16-12(11(18-2)8-15-16)13(17)9-6-4-5-7-10(9)14/h4-8,13,17H,3,14H2,1-2H3. The summed E-state index contributed by atoms with van der Waals surface area (Å²) in [5.41, 5.74) is 7.71. The third-order valence-electron chi connectivity index (χ3n) is 2.91. The molecular weight excluding hydrogens is 230 g/mol. The molecule has 0 fully saturated rings. The van der Waals surface area contributed by atoms with Gasteiger partial charge >= 0.3 is 0 Å². The van der Waals surface area contributed by atoms with Crippen molar-refractivity contribution in [1.82, 2.24) is 9.78 Å². The third kappa shape index (κ3) is 2.04. The smallest absolute Gasteiger partial charge is 0.163 e. The minimum atomic E-state index is -0.844. The monoisotopic (exact) mass is 247 g/mol. The molecule has 2 aromatic rings. The lowest BCUT2D eigenvalue weighted by Crippen LogP contribution is -2.11. The molecule has 5 nitrogen and oxygen atoms in total. The van der Waals surface area contributed by atoms with E-state index < -0.39 is 6.10 Å². The molecule has 0 aliphatic rings. The average Bonchev–Trinajstić information content (AvgIpc) is 2.81. The number of methoxy groups -OCH3 is 1. The van der Waals surface area contributed by atoms with Gasteiger partial charge in [-0.2, -0.15) is 5.10 Å². The van der Waals surface area contributed by atoms with E-state index in [-0.39, 0.29) is 0 Å². The Morgan fingerprint density at radius 1 is 1.44 bits per heavy atom. The molecule has 1 unspecified atom stereocenters. The average molecular weight is 247 g/mol. The second-order valence-electron chi connectivity index (χ2n) is 3.95. The molecule has 2 rings (SSSR count). The summed E-state index contributed by atoms with van der Waals surface area (Å²) in [7, 11) is 1.56. The molecule has 0 saturated carbocycles. The summed E-state index contributed by atoms with van der Waals surface area (Å²) in [5, 5.41) is 14.6. The summed E-state index contributed by atoms with van der Waals surface area (Å²) in [4.78, 5) is 0. The van der Waals surface area contributed by atoms with E-state index in [1.807, 2.05) is 19.1 Å². The first-order valence-electron chi connectivity index (χ1n) is 5.81. The van der Waals surface area contributed by atoms with Crippen LogP contribution in [0.15, 0.2) is 30.5 Å². The molecule has 0 aliphatic carbocycles. The first kappa shape index (κ1) is 12.4. The van der Waals surface area contributed by atoms with Crippen LogP contribution in [0.25, 0.3) is 0 Å². The van der Waals surface area contributed by atoms with Crippen molar-refractivity contribution in [1.29, 1.82) is 0 Å². The Bertz CT molecular complexity index is 515. The van der Waals surface area contributed by atoms with E-state index in [0.29, 0.717) is 29.2 Å². The topological polar surface area (TPSA) is 73.3 Å². The second kappa shape index (κ2) is 5.10. The quantitative estimate of drug-likeness (QED) is 0.804. The van der Waals surface area contributed by atoms with Crippen molar-refractivity contribution >= 4 is 5.69 Å². The molecule has 1 aromatic carbocycles. The number of aromatic nitrogens is 2. The fraction of sp³-hybridized carbons (Fsp3) is 0.308. The van der Waals surface area contributed by atoms with Crippen LogP contribution in [0.5, 0.6) is 5.75 Å². The number of aliphatic hydroxyl groups is 1. The van der Waals surface area contributed by atoms with Crippen molar-refractivity contribution in [3.63, 3.8) is 0 Å². The Labute approximate surface area is 106 Å². The molecule has 0 bridgehead atoms. The maximum absolute atomic E-state index is 10.5. The molecule has 0 spiro atoms. The van der Waals surface area contributed by atoms with Gasteiger partial charge in [-0.25, -0.2) is 0 Å². The van der Waals surface area contributed by atoms with Crippen LogP contribution in [0.4, 0.5) is 5.69 Å². The summed E-state index contributed by atoms with van der Waals surface area (Å²) in [5.74, 6) is 0.563. The number of nitrogens with zero attached hydrogens (tertiary/aromatic N) is 2. The van der Waals surface area contributed by atoms with E-state index >= 15 is 0 Å². The van der Waals surface area contributed by atoms with Crippen LogP contribution in [0, 0.1) is 0 Å². The van der Waals surface area contributed by atoms with Crippen LogP contribution in [0.3, 0.4) is 0 Å². The van der Waals surface area contributed by atoms with Crippen molar-refractivity contribution in [3.8, 4) is 5.75 Å². The lowest BCUT2D eigenvalue weighted by molar-refractivity contribution is 0.203. The highest BCUT2D eigenvalue weighted by atomic mass is 16.5. The molecule has 0 saturated heterocycles. The van der Waals surface area contributed by atoms with Gasteiger partial charge in [-0.15, -0.1) is 0 Å². The van der Waals surface area contributed by atoms with Gasteiger partial charge in [0.05, 0.1) is 13.3 Å². The minimum Gasteiger partial charge on any atom is -0.493 e. The highest BCUT2D eigenvalue weighted by Gasteiger charge is 2.22. The van der Waals surface area contributed by atoms with Gasteiger partial charge in [-0.05, 0) is 13.0 Å². The number of nitrogen functional groups attached to an aromatic ring is 1. The molecule has 5 heteroatoms. The Hall–Kier alpha value is -2.01. The predicted molar refractivity (Wildman–Crippen MR) is 69.4 cm³/mol. The van der Waals surface area contributed by atoms with Crippen LogP contribution in [-0.4, -0.2) is 22.0 Å². The number of para-hydroxylation sites is 1. The minimum absolute atomic E-state index is 0.552. The van der Waals surface area contributed by atoms with Gasteiger partial charge in [0.2, 0.25) is 0 Å². The van der Waals surface area contributed by atoms with Crippen LogP contribution >= 0.6 is 0 Å². The molecule has 1 heterocycles. The summed E-state index contributed by atoms with van der Waals surface area (Å²) in [6.07, 6.45) is 0.755. The van der Waals surface area contributed by atoms with E-state index in [4.69, 9.17) is 10.5 Å². The summed E-state index contributed by atoms with van der Waals surface area (Å²) in [6.45, 7) is 2.61. The van der Waals surface area contributed by atoms with Crippen molar-refractivity contribution < 1.29 is 9.84 Å². The van der Waals surface area contributed by atoms with Crippen LogP contribution in [0.1, 0.15) is 24.3 Å². The zero-order valence-corrected chi connectivity index (χ0v) is 10.5. The fourth-order valence-corrected chi connectivity index (χ4v) is 1.97. The normalized spacial score (nSPS) is 12.4. The molecule has 0 radical (unpaired) electrons. The number of aliphatic hydroxyl groups excluding tert-OH is 1. The van der Waals surface area contributed by atoms with Gasteiger partial charge in [0, 0.05) is 17.8 Å². The number of anilines is 1. The van der Waals surface area contributed by atoms with Gasteiger partial charge in [0.25, 0.3) is 0 Å². The largest absolute Gasteiger partial charge is 0.493 e. The number of ether oxygens (including phenoxy) is 1. The maximum Gasteiger partial charge on any atom is 0.163 e. The van der Waals surface area contributed by atoms with Gasteiger partial charge in [0.15, 0.2) is 5.75 Å². The van der Waals surface area contributed by atoms with Crippen LogP contribution < -0.4 is 10.5 Å². The Balaban J connectivity index is 2.48. The Morgan fingerprint density at radius 2 is 2.17 bits per heavy atom. The molecule has 96 valence electrons. The SMILES string of the molecule is CCn1ncc(OC)c1C(O)c1ccccc1N. The number of hydrogen-bond acceptors (Lipinski definition) is 4. The highest BCUT2D eigenvalue weighted by molar-refractivity contribution is 5.51. The summed E-state index contributed by atoms with van der Waals surface area (Å²) in [6, 6.07) is 7.23. The van der Waals surface area contributed by atoms with Gasteiger partial charge in [0.1, 0.15) is 11.8 Å².